The van der Waals surface area contributed by atoms with E-state index in [4.69, 9.17) is 23.9 Å². The van der Waals surface area contributed by atoms with Crippen molar-refractivity contribution in [3.05, 3.63) is 144 Å². The lowest BCUT2D eigenvalue weighted by molar-refractivity contribution is -0.151. The molecule has 0 amide bonds. The van der Waals surface area contributed by atoms with Gasteiger partial charge in [0.05, 0.1) is 12.0 Å². The van der Waals surface area contributed by atoms with Crippen LogP contribution in [-0.2, 0) is 29.4 Å². The van der Waals surface area contributed by atoms with Crippen molar-refractivity contribution in [2.75, 3.05) is 0 Å². The second-order valence-corrected chi connectivity index (χ2v) is 11.3. The minimum Gasteiger partial charge on any atom is -0.490 e. The molecule has 6 rings (SSSR count). The lowest BCUT2D eigenvalue weighted by atomic mass is 9.87. The first-order chi connectivity index (χ1) is 22.2. The molecule has 1 saturated carbocycles. The standard InChI is InChI=1S/C39H37NO5/c41-39(44-28-31-14-8-3-9-15-31)33-18-22-35(23-19-33)45-34-20-16-32(17-21-34)36-24-25-37(42-26-29-10-4-1-5-11-29)40-38(36)43-27-30-12-6-2-7-13-30/h1-17,20-21,24-25,33,35H,18-19,22-23,26-28H2. The Morgan fingerprint density at radius 2 is 1.16 bits per heavy atom. The maximum absolute atomic E-state index is 12.6. The zero-order chi connectivity index (χ0) is 30.7. The fourth-order valence-corrected chi connectivity index (χ4v) is 5.46. The first-order valence-corrected chi connectivity index (χ1v) is 15.5. The highest BCUT2D eigenvalue weighted by Crippen LogP contribution is 2.34. The largest absolute Gasteiger partial charge is 0.490 e. The zero-order valence-corrected chi connectivity index (χ0v) is 25.2. The van der Waals surface area contributed by atoms with E-state index >= 15 is 0 Å². The molecule has 1 aliphatic rings. The Kier molecular flexibility index (Phi) is 10.0. The minimum atomic E-state index is -0.114. The number of carbonyl (C=O) groups is 1. The number of rotatable bonds is 12. The third-order valence-corrected chi connectivity index (χ3v) is 7.98. The SMILES string of the molecule is O=C(OCc1ccccc1)C1CCC(Oc2ccc(-c3ccc(OCc4ccccc4)nc3OCc3ccccc3)cc2)CC1. The number of benzene rings is 4. The van der Waals surface area contributed by atoms with Crippen molar-refractivity contribution >= 4 is 5.97 Å². The molecule has 6 nitrogen and oxygen atoms in total. The van der Waals surface area contributed by atoms with Gasteiger partial charge in [-0.3, -0.25) is 4.79 Å². The lowest BCUT2D eigenvalue weighted by Crippen LogP contribution is -2.29. The van der Waals surface area contributed by atoms with Crippen LogP contribution in [0.15, 0.2) is 127 Å². The van der Waals surface area contributed by atoms with E-state index in [9.17, 15) is 4.79 Å². The summed E-state index contributed by atoms with van der Waals surface area (Å²) in [6, 6.07) is 41.7. The van der Waals surface area contributed by atoms with E-state index in [1.807, 2.05) is 127 Å². The quantitative estimate of drug-likeness (QED) is 0.134. The monoisotopic (exact) mass is 599 g/mol. The van der Waals surface area contributed by atoms with E-state index in [2.05, 4.69) is 0 Å². The highest BCUT2D eigenvalue weighted by Gasteiger charge is 2.28. The third kappa shape index (κ3) is 8.51. The summed E-state index contributed by atoms with van der Waals surface area (Å²) in [5.41, 5.74) is 4.98. The minimum absolute atomic E-state index is 0.0708. The molecule has 6 heteroatoms. The first-order valence-electron chi connectivity index (χ1n) is 15.5. The second kappa shape index (κ2) is 15.1. The molecular weight excluding hydrogens is 562 g/mol. The molecule has 1 aromatic heterocycles. The van der Waals surface area contributed by atoms with Crippen molar-refractivity contribution in [2.24, 2.45) is 5.92 Å². The van der Waals surface area contributed by atoms with Crippen LogP contribution in [0.4, 0.5) is 0 Å². The van der Waals surface area contributed by atoms with Crippen LogP contribution in [0, 0.1) is 5.92 Å². The van der Waals surface area contributed by atoms with Gasteiger partial charge in [0.1, 0.15) is 25.6 Å². The van der Waals surface area contributed by atoms with Gasteiger partial charge in [-0.15, -0.1) is 0 Å². The zero-order valence-electron chi connectivity index (χ0n) is 25.2. The molecule has 45 heavy (non-hydrogen) atoms. The molecule has 0 bridgehead atoms. The number of aromatic nitrogens is 1. The number of ether oxygens (including phenoxy) is 4. The lowest BCUT2D eigenvalue weighted by Gasteiger charge is -2.28. The van der Waals surface area contributed by atoms with Crippen molar-refractivity contribution in [1.29, 1.82) is 0 Å². The number of nitrogens with zero attached hydrogens (tertiary/aromatic N) is 1. The highest BCUT2D eigenvalue weighted by atomic mass is 16.5. The first kappa shape index (κ1) is 29.9. The van der Waals surface area contributed by atoms with Crippen LogP contribution >= 0.6 is 0 Å². The molecule has 0 unspecified atom stereocenters. The summed E-state index contributed by atoms with van der Waals surface area (Å²) < 4.78 is 24.1. The van der Waals surface area contributed by atoms with Crippen molar-refractivity contribution in [1.82, 2.24) is 4.98 Å². The summed E-state index contributed by atoms with van der Waals surface area (Å²) in [6.07, 6.45) is 3.24. The van der Waals surface area contributed by atoms with Crippen LogP contribution in [0.1, 0.15) is 42.4 Å². The summed E-state index contributed by atoms with van der Waals surface area (Å²) in [7, 11) is 0. The molecule has 0 spiro atoms. The molecule has 1 heterocycles. The Hall–Kier alpha value is -5.10. The molecule has 1 fully saturated rings. The molecule has 0 aliphatic heterocycles. The fraction of sp³-hybridized carbons (Fsp3) is 0.231. The van der Waals surface area contributed by atoms with Crippen LogP contribution in [0.5, 0.6) is 17.5 Å². The molecule has 0 N–H and O–H groups in total. The number of carbonyl (C=O) groups excluding carboxylic acids is 1. The van der Waals surface area contributed by atoms with Crippen LogP contribution in [0.3, 0.4) is 0 Å². The summed E-state index contributed by atoms with van der Waals surface area (Å²) in [5.74, 6) is 1.63. The smallest absolute Gasteiger partial charge is 0.309 e. The molecule has 228 valence electrons. The molecule has 0 saturated heterocycles. The molecule has 0 radical (unpaired) electrons. The molecule has 5 aromatic rings. The highest BCUT2D eigenvalue weighted by molar-refractivity contribution is 5.72. The number of esters is 1. The average molecular weight is 600 g/mol. The van der Waals surface area contributed by atoms with Gasteiger partial charge >= 0.3 is 5.97 Å². The van der Waals surface area contributed by atoms with Gasteiger partial charge in [0.15, 0.2) is 0 Å². The second-order valence-electron chi connectivity index (χ2n) is 11.3. The molecule has 1 aliphatic carbocycles. The third-order valence-electron chi connectivity index (χ3n) is 7.98. The predicted molar refractivity (Wildman–Crippen MR) is 174 cm³/mol. The number of hydrogen-bond donors (Lipinski definition) is 0. The van der Waals surface area contributed by atoms with Crippen molar-refractivity contribution < 1.29 is 23.7 Å². The van der Waals surface area contributed by atoms with Crippen LogP contribution in [-0.4, -0.2) is 17.1 Å². The molecule has 0 atom stereocenters. The fourth-order valence-electron chi connectivity index (χ4n) is 5.46. The number of hydrogen-bond acceptors (Lipinski definition) is 6. The maximum atomic E-state index is 12.6. The Morgan fingerprint density at radius 1 is 0.600 bits per heavy atom. The summed E-state index contributed by atoms with van der Waals surface area (Å²) in [5, 5.41) is 0. The maximum Gasteiger partial charge on any atom is 0.309 e. The Bertz CT molecular complexity index is 1630. The Labute approximate surface area is 264 Å². The van der Waals surface area contributed by atoms with Gasteiger partial charge in [-0.2, -0.15) is 4.98 Å². The van der Waals surface area contributed by atoms with E-state index in [-0.39, 0.29) is 18.0 Å². The van der Waals surface area contributed by atoms with Gasteiger partial charge in [0.25, 0.3) is 0 Å². The van der Waals surface area contributed by atoms with E-state index < -0.39 is 0 Å². The topological polar surface area (TPSA) is 66.9 Å². The van der Waals surface area contributed by atoms with Crippen LogP contribution in [0.25, 0.3) is 11.1 Å². The summed E-state index contributed by atoms with van der Waals surface area (Å²) in [4.78, 5) is 17.3. The average Bonchev–Trinajstić information content (AvgIpc) is 3.11. The predicted octanol–water partition coefficient (Wildman–Crippen LogP) is 8.59. The van der Waals surface area contributed by atoms with Crippen molar-refractivity contribution in [2.45, 2.75) is 51.6 Å². The Morgan fingerprint density at radius 3 is 1.76 bits per heavy atom. The van der Waals surface area contributed by atoms with Crippen molar-refractivity contribution in [3.8, 4) is 28.6 Å². The molecular formula is C39H37NO5. The van der Waals surface area contributed by atoms with Crippen LogP contribution < -0.4 is 14.2 Å². The summed E-state index contributed by atoms with van der Waals surface area (Å²) >= 11 is 0. The van der Waals surface area contributed by atoms with E-state index in [1.54, 1.807) is 0 Å². The van der Waals surface area contributed by atoms with Crippen molar-refractivity contribution in [3.63, 3.8) is 0 Å². The van der Waals surface area contributed by atoms with Gasteiger partial charge in [-0.25, -0.2) is 0 Å². The van der Waals surface area contributed by atoms with E-state index in [0.29, 0.717) is 31.6 Å². The Balaban J connectivity index is 1.07. The van der Waals surface area contributed by atoms with Gasteiger partial charge in [-0.1, -0.05) is 103 Å². The van der Waals surface area contributed by atoms with Gasteiger partial charge in [0, 0.05) is 11.6 Å². The van der Waals surface area contributed by atoms with E-state index in [0.717, 1.165) is 59.3 Å². The van der Waals surface area contributed by atoms with Gasteiger partial charge in [-0.05, 0) is 66.1 Å². The molecule has 4 aromatic carbocycles. The van der Waals surface area contributed by atoms with Gasteiger partial charge < -0.3 is 18.9 Å². The van der Waals surface area contributed by atoms with E-state index in [1.165, 1.54) is 0 Å². The number of pyridine rings is 1. The normalized spacial score (nSPS) is 16.0. The van der Waals surface area contributed by atoms with Gasteiger partial charge in [0.2, 0.25) is 11.8 Å². The summed E-state index contributed by atoms with van der Waals surface area (Å²) in [6.45, 7) is 1.14. The van der Waals surface area contributed by atoms with Crippen LogP contribution in [0.2, 0.25) is 0 Å².